The van der Waals surface area contributed by atoms with Crippen LogP contribution in [0.25, 0.3) is 0 Å². The molecule has 2 aromatic rings. The predicted molar refractivity (Wildman–Crippen MR) is 91.1 cm³/mol. The molecule has 1 aromatic carbocycles. The SMILES string of the molecule is COc1ccc(C(CNC(=O)Nc2nnc(C)s2)N(C)C)cc1. The quantitative estimate of drug-likeness (QED) is 0.847. The molecule has 2 N–H and O–H groups in total. The minimum absolute atomic E-state index is 0.0582. The first-order valence-corrected chi connectivity index (χ1v) is 7.96. The van der Waals surface area contributed by atoms with Crippen LogP contribution in [0.4, 0.5) is 9.93 Å². The third kappa shape index (κ3) is 4.90. The highest BCUT2D eigenvalue weighted by Crippen LogP contribution is 2.21. The number of aromatic nitrogens is 2. The zero-order valence-electron chi connectivity index (χ0n) is 13.7. The van der Waals surface area contributed by atoms with Gasteiger partial charge in [-0.15, -0.1) is 10.2 Å². The molecule has 2 rings (SSSR count). The minimum Gasteiger partial charge on any atom is -0.497 e. The van der Waals surface area contributed by atoms with E-state index in [-0.39, 0.29) is 12.1 Å². The Morgan fingerprint density at radius 1 is 1.30 bits per heavy atom. The second-order valence-corrected chi connectivity index (χ2v) is 6.40. The van der Waals surface area contributed by atoms with E-state index in [2.05, 4.69) is 25.7 Å². The number of urea groups is 1. The van der Waals surface area contributed by atoms with Gasteiger partial charge in [-0.25, -0.2) is 4.79 Å². The van der Waals surface area contributed by atoms with Crippen LogP contribution in [-0.4, -0.2) is 48.9 Å². The molecule has 0 spiro atoms. The van der Waals surface area contributed by atoms with E-state index in [9.17, 15) is 4.79 Å². The van der Waals surface area contributed by atoms with Crippen LogP contribution in [0, 0.1) is 6.92 Å². The number of nitrogens with one attached hydrogen (secondary N) is 2. The second kappa shape index (κ2) is 7.89. The molecule has 1 heterocycles. The lowest BCUT2D eigenvalue weighted by Gasteiger charge is -2.25. The number of anilines is 1. The predicted octanol–water partition coefficient (Wildman–Crippen LogP) is 2.28. The van der Waals surface area contributed by atoms with Crippen LogP contribution in [0.3, 0.4) is 0 Å². The average Bonchev–Trinajstić information content (AvgIpc) is 2.92. The molecular formula is C15H21N5O2S. The van der Waals surface area contributed by atoms with E-state index in [1.54, 1.807) is 7.11 Å². The number of amides is 2. The van der Waals surface area contributed by atoms with Gasteiger partial charge >= 0.3 is 6.03 Å². The summed E-state index contributed by atoms with van der Waals surface area (Å²) in [5, 5.41) is 14.6. The molecule has 124 valence electrons. The molecule has 0 aliphatic rings. The van der Waals surface area contributed by atoms with Crippen LogP contribution in [-0.2, 0) is 0 Å². The molecule has 0 saturated carbocycles. The van der Waals surface area contributed by atoms with Crippen LogP contribution < -0.4 is 15.4 Å². The summed E-state index contributed by atoms with van der Waals surface area (Å²) in [5.74, 6) is 0.809. The Kier molecular flexibility index (Phi) is 5.89. The third-order valence-electron chi connectivity index (χ3n) is 3.33. The van der Waals surface area contributed by atoms with Gasteiger partial charge in [-0.2, -0.15) is 0 Å². The molecule has 2 amide bonds. The van der Waals surface area contributed by atoms with E-state index in [0.29, 0.717) is 11.7 Å². The number of benzene rings is 1. The van der Waals surface area contributed by atoms with Crippen LogP contribution in [0.15, 0.2) is 24.3 Å². The van der Waals surface area contributed by atoms with E-state index in [1.165, 1.54) is 11.3 Å². The summed E-state index contributed by atoms with van der Waals surface area (Å²) in [6.07, 6.45) is 0. The summed E-state index contributed by atoms with van der Waals surface area (Å²) in [6.45, 7) is 2.31. The zero-order valence-corrected chi connectivity index (χ0v) is 14.5. The number of likely N-dealkylation sites (N-methyl/N-ethyl adjacent to an activating group) is 1. The van der Waals surface area contributed by atoms with Crippen molar-refractivity contribution in [1.29, 1.82) is 0 Å². The maximum atomic E-state index is 12.0. The number of carbonyl (C=O) groups excluding carboxylic acids is 1. The van der Waals surface area contributed by atoms with Gasteiger partial charge in [0.1, 0.15) is 10.8 Å². The molecule has 7 nitrogen and oxygen atoms in total. The Balaban J connectivity index is 1.94. The summed E-state index contributed by atoms with van der Waals surface area (Å²) in [4.78, 5) is 14.0. The molecule has 1 unspecified atom stereocenters. The lowest BCUT2D eigenvalue weighted by Crippen LogP contribution is -2.36. The molecule has 8 heteroatoms. The molecule has 23 heavy (non-hydrogen) atoms. The van der Waals surface area contributed by atoms with Gasteiger partial charge < -0.3 is 15.0 Å². The topological polar surface area (TPSA) is 79.4 Å². The number of ether oxygens (including phenoxy) is 1. The third-order valence-corrected chi connectivity index (χ3v) is 4.08. The summed E-state index contributed by atoms with van der Waals surface area (Å²) in [7, 11) is 5.59. The maximum absolute atomic E-state index is 12.0. The lowest BCUT2D eigenvalue weighted by molar-refractivity contribution is 0.243. The van der Waals surface area contributed by atoms with Gasteiger partial charge in [0, 0.05) is 6.54 Å². The first kappa shape index (κ1) is 17.2. The first-order valence-electron chi connectivity index (χ1n) is 7.15. The molecule has 0 aliphatic heterocycles. The minimum atomic E-state index is -0.290. The monoisotopic (exact) mass is 335 g/mol. The molecule has 0 bridgehead atoms. The van der Waals surface area contributed by atoms with E-state index in [1.807, 2.05) is 45.3 Å². The van der Waals surface area contributed by atoms with Crippen LogP contribution in [0.5, 0.6) is 5.75 Å². The fourth-order valence-electron chi connectivity index (χ4n) is 2.10. The van der Waals surface area contributed by atoms with Crippen LogP contribution in [0.2, 0.25) is 0 Å². The molecule has 0 aliphatic carbocycles. The Bertz CT molecular complexity index is 642. The van der Waals surface area contributed by atoms with Gasteiger partial charge in [-0.3, -0.25) is 5.32 Å². The van der Waals surface area contributed by atoms with Crippen molar-refractivity contribution >= 4 is 22.5 Å². The van der Waals surface area contributed by atoms with Crippen molar-refractivity contribution in [3.05, 3.63) is 34.8 Å². The fourth-order valence-corrected chi connectivity index (χ4v) is 2.69. The summed E-state index contributed by atoms with van der Waals surface area (Å²) in [5.41, 5.74) is 1.10. The van der Waals surface area contributed by atoms with Gasteiger partial charge in [0.2, 0.25) is 5.13 Å². The van der Waals surface area contributed by atoms with Crippen molar-refractivity contribution in [2.45, 2.75) is 13.0 Å². The lowest BCUT2D eigenvalue weighted by atomic mass is 10.1. The van der Waals surface area contributed by atoms with Crippen LogP contribution >= 0.6 is 11.3 Å². The van der Waals surface area contributed by atoms with Gasteiger partial charge in [0.15, 0.2) is 0 Å². The number of hydrogen-bond acceptors (Lipinski definition) is 6. The largest absolute Gasteiger partial charge is 0.497 e. The molecular weight excluding hydrogens is 314 g/mol. The number of aryl methyl sites for hydroxylation is 1. The van der Waals surface area contributed by atoms with Gasteiger partial charge in [-0.05, 0) is 38.7 Å². The molecule has 1 atom stereocenters. The molecule has 0 saturated heterocycles. The Hall–Kier alpha value is -2.19. The average molecular weight is 335 g/mol. The second-order valence-electron chi connectivity index (χ2n) is 5.21. The number of hydrogen-bond donors (Lipinski definition) is 2. The summed E-state index contributed by atoms with van der Waals surface area (Å²) >= 11 is 1.34. The highest BCUT2D eigenvalue weighted by molar-refractivity contribution is 7.15. The van der Waals surface area contributed by atoms with E-state index >= 15 is 0 Å². The summed E-state index contributed by atoms with van der Waals surface area (Å²) < 4.78 is 5.17. The number of carbonyl (C=O) groups is 1. The number of nitrogens with zero attached hydrogens (tertiary/aromatic N) is 3. The van der Waals surface area contributed by atoms with Gasteiger partial charge in [0.25, 0.3) is 0 Å². The zero-order chi connectivity index (χ0) is 16.8. The van der Waals surface area contributed by atoms with Crippen molar-refractivity contribution < 1.29 is 9.53 Å². The van der Waals surface area contributed by atoms with E-state index in [0.717, 1.165) is 16.3 Å². The number of methoxy groups -OCH3 is 1. The van der Waals surface area contributed by atoms with Crippen LogP contribution in [0.1, 0.15) is 16.6 Å². The van der Waals surface area contributed by atoms with Crippen molar-refractivity contribution in [2.75, 3.05) is 33.1 Å². The standard InChI is InChI=1S/C15H21N5O2S/c1-10-18-19-15(23-10)17-14(21)16-9-13(20(2)3)11-5-7-12(22-4)8-6-11/h5-8,13H,9H2,1-4H3,(H2,16,17,19,21). The van der Waals surface area contributed by atoms with Crippen molar-refractivity contribution in [3.8, 4) is 5.75 Å². The van der Waals surface area contributed by atoms with Crippen molar-refractivity contribution in [1.82, 2.24) is 20.4 Å². The van der Waals surface area contributed by atoms with Crippen molar-refractivity contribution in [2.24, 2.45) is 0 Å². The highest BCUT2D eigenvalue weighted by atomic mass is 32.1. The fraction of sp³-hybridized carbons (Fsp3) is 0.400. The Morgan fingerprint density at radius 3 is 2.52 bits per heavy atom. The molecule has 1 aromatic heterocycles. The van der Waals surface area contributed by atoms with Gasteiger partial charge in [0.05, 0.1) is 13.2 Å². The Labute approximate surface area is 139 Å². The molecule has 0 fully saturated rings. The van der Waals surface area contributed by atoms with E-state index in [4.69, 9.17) is 4.74 Å². The molecule has 0 radical (unpaired) electrons. The number of rotatable bonds is 6. The van der Waals surface area contributed by atoms with E-state index < -0.39 is 0 Å². The van der Waals surface area contributed by atoms with Crippen molar-refractivity contribution in [3.63, 3.8) is 0 Å². The smallest absolute Gasteiger partial charge is 0.321 e. The normalized spacial score (nSPS) is 12.0. The highest BCUT2D eigenvalue weighted by Gasteiger charge is 2.16. The maximum Gasteiger partial charge on any atom is 0.321 e. The Morgan fingerprint density at radius 2 is 2.00 bits per heavy atom. The van der Waals surface area contributed by atoms with Gasteiger partial charge in [-0.1, -0.05) is 23.5 Å². The first-order chi connectivity index (χ1) is 11.0. The summed E-state index contributed by atoms with van der Waals surface area (Å²) in [6, 6.07) is 7.59.